The van der Waals surface area contributed by atoms with E-state index in [1.165, 1.54) is 0 Å². The highest BCUT2D eigenvalue weighted by atomic mass is 16.5. The summed E-state index contributed by atoms with van der Waals surface area (Å²) < 4.78 is 5.19. The first kappa shape index (κ1) is 10.9. The average Bonchev–Trinajstić information content (AvgIpc) is 2.30. The fraction of sp³-hybridized carbons (Fsp3) is 0.455. The summed E-state index contributed by atoms with van der Waals surface area (Å²) in [5, 5.41) is 0. The molecule has 1 fully saturated rings. The van der Waals surface area contributed by atoms with Gasteiger partial charge in [-0.1, -0.05) is 0 Å². The molecular formula is C11H15N3O2. The number of rotatable bonds is 2. The van der Waals surface area contributed by atoms with Crippen molar-refractivity contribution in [2.75, 3.05) is 32.0 Å². The van der Waals surface area contributed by atoms with Gasteiger partial charge in [0.15, 0.2) is 0 Å². The van der Waals surface area contributed by atoms with Gasteiger partial charge in [-0.05, 0) is 11.6 Å². The summed E-state index contributed by atoms with van der Waals surface area (Å²) in [4.78, 5) is 17.7. The van der Waals surface area contributed by atoms with Crippen LogP contribution < -0.4 is 5.73 Å². The van der Waals surface area contributed by atoms with Crippen molar-refractivity contribution in [2.24, 2.45) is 0 Å². The van der Waals surface area contributed by atoms with Crippen molar-refractivity contribution in [2.45, 2.75) is 6.42 Å². The van der Waals surface area contributed by atoms with Crippen molar-refractivity contribution in [3.05, 3.63) is 24.0 Å². The topological polar surface area (TPSA) is 68.5 Å². The highest BCUT2D eigenvalue weighted by Crippen LogP contribution is 2.07. The number of carbonyl (C=O) groups excluding carboxylic acids is 1. The molecule has 1 aromatic rings. The highest BCUT2D eigenvalue weighted by molar-refractivity contribution is 5.79. The van der Waals surface area contributed by atoms with Gasteiger partial charge in [-0.2, -0.15) is 0 Å². The molecule has 1 aliphatic rings. The summed E-state index contributed by atoms with van der Waals surface area (Å²) in [5.41, 5.74) is 7.05. The Morgan fingerprint density at radius 3 is 2.88 bits per heavy atom. The maximum absolute atomic E-state index is 11.9. The lowest BCUT2D eigenvalue weighted by atomic mass is 10.2. The smallest absolute Gasteiger partial charge is 0.227 e. The SMILES string of the molecule is Nc1cncc(CC(=O)N2CCOCC2)c1. The molecule has 2 N–H and O–H groups in total. The summed E-state index contributed by atoms with van der Waals surface area (Å²) >= 11 is 0. The number of aromatic nitrogens is 1. The zero-order valence-electron chi connectivity index (χ0n) is 9.06. The van der Waals surface area contributed by atoms with E-state index in [-0.39, 0.29) is 5.91 Å². The number of pyridine rings is 1. The molecule has 0 unspecified atom stereocenters. The number of anilines is 1. The van der Waals surface area contributed by atoms with Gasteiger partial charge >= 0.3 is 0 Å². The van der Waals surface area contributed by atoms with Crippen LogP contribution in [0, 0.1) is 0 Å². The lowest BCUT2D eigenvalue weighted by molar-refractivity contribution is -0.134. The van der Waals surface area contributed by atoms with Gasteiger partial charge in [0, 0.05) is 25.5 Å². The Bertz CT molecular complexity index is 375. The van der Waals surface area contributed by atoms with Crippen LogP contribution in [0.4, 0.5) is 5.69 Å². The second kappa shape index (κ2) is 4.94. The Labute approximate surface area is 94.2 Å². The Hall–Kier alpha value is -1.62. The molecule has 1 amide bonds. The monoisotopic (exact) mass is 221 g/mol. The van der Waals surface area contributed by atoms with Crippen LogP contribution in [0.1, 0.15) is 5.56 Å². The number of nitrogens with zero attached hydrogens (tertiary/aromatic N) is 2. The molecule has 0 bridgehead atoms. The molecule has 0 aromatic carbocycles. The molecule has 5 heteroatoms. The first-order chi connectivity index (χ1) is 7.75. The minimum atomic E-state index is 0.107. The molecule has 0 atom stereocenters. The molecule has 0 radical (unpaired) electrons. The average molecular weight is 221 g/mol. The van der Waals surface area contributed by atoms with E-state index in [9.17, 15) is 4.79 Å². The van der Waals surface area contributed by atoms with Crippen LogP contribution in [0.3, 0.4) is 0 Å². The fourth-order valence-corrected chi connectivity index (χ4v) is 1.70. The summed E-state index contributed by atoms with van der Waals surface area (Å²) in [5.74, 6) is 0.107. The minimum absolute atomic E-state index is 0.107. The third kappa shape index (κ3) is 2.70. The number of ether oxygens (including phenoxy) is 1. The standard InChI is InChI=1S/C11H15N3O2/c12-10-5-9(7-13-8-10)6-11(15)14-1-3-16-4-2-14/h5,7-8H,1-4,6,12H2. The van der Waals surface area contributed by atoms with Gasteiger partial charge in [0.2, 0.25) is 5.91 Å². The van der Waals surface area contributed by atoms with E-state index in [0.29, 0.717) is 38.4 Å². The van der Waals surface area contributed by atoms with Crippen LogP contribution in [0.2, 0.25) is 0 Å². The molecule has 1 aromatic heterocycles. The van der Waals surface area contributed by atoms with E-state index in [0.717, 1.165) is 5.56 Å². The summed E-state index contributed by atoms with van der Waals surface area (Å²) in [6.45, 7) is 2.60. The predicted octanol–water partition coefficient (Wildman–Crippen LogP) is 0.0651. The molecule has 0 saturated carbocycles. The molecule has 16 heavy (non-hydrogen) atoms. The van der Waals surface area contributed by atoms with Gasteiger partial charge in [0.1, 0.15) is 0 Å². The van der Waals surface area contributed by atoms with E-state index >= 15 is 0 Å². The van der Waals surface area contributed by atoms with Crippen LogP contribution in [0.25, 0.3) is 0 Å². The van der Waals surface area contributed by atoms with Crippen molar-refractivity contribution >= 4 is 11.6 Å². The minimum Gasteiger partial charge on any atom is -0.397 e. The maximum atomic E-state index is 11.9. The zero-order chi connectivity index (χ0) is 11.4. The third-order valence-corrected chi connectivity index (χ3v) is 2.54. The van der Waals surface area contributed by atoms with Gasteiger partial charge < -0.3 is 15.4 Å². The van der Waals surface area contributed by atoms with Crippen LogP contribution in [-0.4, -0.2) is 42.1 Å². The van der Waals surface area contributed by atoms with Crippen molar-refractivity contribution < 1.29 is 9.53 Å². The van der Waals surface area contributed by atoms with Crippen molar-refractivity contribution in [1.82, 2.24) is 9.88 Å². The zero-order valence-corrected chi connectivity index (χ0v) is 9.06. The van der Waals surface area contributed by atoms with Crippen LogP contribution in [0.15, 0.2) is 18.5 Å². The Kier molecular flexibility index (Phi) is 3.36. The largest absolute Gasteiger partial charge is 0.397 e. The van der Waals surface area contributed by atoms with Crippen LogP contribution >= 0.6 is 0 Å². The highest BCUT2D eigenvalue weighted by Gasteiger charge is 2.16. The van der Waals surface area contributed by atoms with Gasteiger partial charge in [0.05, 0.1) is 25.3 Å². The predicted molar refractivity (Wildman–Crippen MR) is 59.8 cm³/mol. The number of amides is 1. The van der Waals surface area contributed by atoms with E-state index < -0.39 is 0 Å². The van der Waals surface area contributed by atoms with E-state index in [1.54, 1.807) is 18.5 Å². The number of nitrogen functional groups attached to an aromatic ring is 1. The van der Waals surface area contributed by atoms with E-state index in [4.69, 9.17) is 10.5 Å². The van der Waals surface area contributed by atoms with Crippen molar-refractivity contribution in [3.8, 4) is 0 Å². The quantitative estimate of drug-likeness (QED) is 0.767. The van der Waals surface area contributed by atoms with Crippen molar-refractivity contribution in [3.63, 3.8) is 0 Å². The molecule has 0 aliphatic carbocycles. The summed E-state index contributed by atoms with van der Waals surface area (Å²) in [6, 6.07) is 1.78. The van der Waals surface area contributed by atoms with Gasteiger partial charge in [-0.25, -0.2) is 0 Å². The molecule has 0 spiro atoms. The Balaban J connectivity index is 1.96. The molecule has 1 saturated heterocycles. The molecular weight excluding hydrogens is 206 g/mol. The third-order valence-electron chi connectivity index (χ3n) is 2.54. The molecule has 1 aliphatic heterocycles. The molecule has 5 nitrogen and oxygen atoms in total. The lowest BCUT2D eigenvalue weighted by Gasteiger charge is -2.26. The number of carbonyl (C=O) groups is 1. The molecule has 2 heterocycles. The van der Waals surface area contributed by atoms with Gasteiger partial charge in [0.25, 0.3) is 0 Å². The second-order valence-corrected chi connectivity index (χ2v) is 3.80. The lowest BCUT2D eigenvalue weighted by Crippen LogP contribution is -2.41. The van der Waals surface area contributed by atoms with Gasteiger partial charge in [-0.15, -0.1) is 0 Å². The first-order valence-corrected chi connectivity index (χ1v) is 5.30. The van der Waals surface area contributed by atoms with E-state index in [2.05, 4.69) is 4.98 Å². The number of nitrogens with two attached hydrogens (primary N) is 1. The number of hydrogen-bond acceptors (Lipinski definition) is 4. The van der Waals surface area contributed by atoms with E-state index in [1.807, 2.05) is 4.90 Å². The second-order valence-electron chi connectivity index (χ2n) is 3.80. The molecule has 86 valence electrons. The number of hydrogen-bond donors (Lipinski definition) is 1. The fourth-order valence-electron chi connectivity index (χ4n) is 1.70. The Morgan fingerprint density at radius 2 is 2.19 bits per heavy atom. The molecule has 2 rings (SSSR count). The van der Waals surface area contributed by atoms with Crippen LogP contribution in [0.5, 0.6) is 0 Å². The summed E-state index contributed by atoms with van der Waals surface area (Å²) in [6.07, 6.45) is 3.61. The van der Waals surface area contributed by atoms with Gasteiger partial charge in [-0.3, -0.25) is 9.78 Å². The normalized spacial score (nSPS) is 16.1. The first-order valence-electron chi connectivity index (χ1n) is 5.30. The number of morpholine rings is 1. The van der Waals surface area contributed by atoms with Crippen LogP contribution in [-0.2, 0) is 16.0 Å². The van der Waals surface area contributed by atoms with Crippen molar-refractivity contribution in [1.29, 1.82) is 0 Å². The Morgan fingerprint density at radius 1 is 1.44 bits per heavy atom. The summed E-state index contributed by atoms with van der Waals surface area (Å²) in [7, 11) is 0. The maximum Gasteiger partial charge on any atom is 0.227 e.